The lowest BCUT2D eigenvalue weighted by Crippen LogP contribution is -2.08. The fourth-order valence-corrected chi connectivity index (χ4v) is 2.32. The van der Waals surface area contributed by atoms with Gasteiger partial charge in [-0.1, -0.05) is 35.5 Å². The summed E-state index contributed by atoms with van der Waals surface area (Å²) in [5, 5.41) is 4.01. The Morgan fingerprint density at radius 3 is 2.48 bits per heavy atom. The zero-order chi connectivity index (χ0) is 17.6. The van der Waals surface area contributed by atoms with Crippen molar-refractivity contribution < 1.29 is 9.25 Å². The Morgan fingerprint density at radius 2 is 1.80 bits per heavy atom. The van der Waals surface area contributed by atoms with Crippen LogP contribution >= 0.6 is 0 Å². The second-order valence-corrected chi connectivity index (χ2v) is 5.88. The molecule has 0 aliphatic rings. The molecule has 5 nitrogen and oxygen atoms in total. The molecule has 0 saturated heterocycles. The summed E-state index contributed by atoms with van der Waals surface area (Å²) < 4.78 is 5.70. The van der Waals surface area contributed by atoms with E-state index in [1.165, 1.54) is 0 Å². The number of hydrogen-bond acceptors (Lipinski definition) is 5. The summed E-state index contributed by atoms with van der Waals surface area (Å²) in [7, 11) is 4.02. The van der Waals surface area contributed by atoms with Crippen LogP contribution in [0, 0.1) is 6.92 Å². The second kappa shape index (κ2) is 7.66. The van der Waals surface area contributed by atoms with E-state index in [1.807, 2.05) is 75.6 Å². The van der Waals surface area contributed by atoms with Crippen LogP contribution in [-0.4, -0.2) is 25.3 Å². The van der Waals surface area contributed by atoms with E-state index in [4.69, 9.17) is 9.25 Å². The van der Waals surface area contributed by atoms with Gasteiger partial charge in [-0.3, -0.25) is 0 Å². The summed E-state index contributed by atoms with van der Waals surface area (Å²) in [5.74, 6) is 1.34. The van der Waals surface area contributed by atoms with Crippen molar-refractivity contribution in [3.63, 3.8) is 0 Å². The molecule has 0 spiro atoms. The minimum Gasteiger partial charge on any atom is -0.441 e. The minimum atomic E-state index is 0.272. The molecular weight excluding hydrogens is 314 g/mol. The largest absolute Gasteiger partial charge is 0.441 e. The third-order valence-corrected chi connectivity index (χ3v) is 3.80. The summed E-state index contributed by atoms with van der Waals surface area (Å²) in [6.45, 7) is 2.15. The summed E-state index contributed by atoms with van der Waals surface area (Å²) in [6.07, 6.45) is 1.69. The van der Waals surface area contributed by atoms with Gasteiger partial charge in [-0.2, -0.15) is 0 Å². The van der Waals surface area contributed by atoms with Gasteiger partial charge in [-0.05, 0) is 36.8 Å². The van der Waals surface area contributed by atoms with E-state index < -0.39 is 0 Å². The Kier molecular flexibility index (Phi) is 5.14. The van der Waals surface area contributed by atoms with Crippen molar-refractivity contribution in [2.75, 3.05) is 19.0 Å². The van der Waals surface area contributed by atoms with Crippen molar-refractivity contribution in [1.29, 1.82) is 0 Å². The van der Waals surface area contributed by atoms with Gasteiger partial charge in [0, 0.05) is 25.3 Å². The Balaban J connectivity index is 1.59. The number of hydrogen-bond donors (Lipinski definition) is 0. The molecule has 1 aromatic heterocycles. The molecule has 3 aromatic rings. The maximum Gasteiger partial charge on any atom is 0.226 e. The van der Waals surface area contributed by atoms with Crippen LogP contribution in [0.2, 0.25) is 0 Å². The smallest absolute Gasteiger partial charge is 0.226 e. The Labute approximate surface area is 147 Å². The van der Waals surface area contributed by atoms with Gasteiger partial charge in [0.15, 0.2) is 6.61 Å². The van der Waals surface area contributed by atoms with Crippen LogP contribution in [-0.2, 0) is 11.4 Å². The predicted octanol–water partition coefficient (Wildman–Crippen LogP) is 4.27. The first-order valence-electron chi connectivity index (χ1n) is 8.08. The second-order valence-electron chi connectivity index (χ2n) is 5.88. The highest BCUT2D eigenvalue weighted by atomic mass is 16.6. The van der Waals surface area contributed by atoms with E-state index in [0.29, 0.717) is 5.89 Å². The molecule has 3 rings (SSSR count). The van der Waals surface area contributed by atoms with Crippen LogP contribution in [0.3, 0.4) is 0 Å². The van der Waals surface area contributed by atoms with Gasteiger partial charge in [0.1, 0.15) is 11.5 Å². The molecule has 5 heteroatoms. The van der Waals surface area contributed by atoms with Crippen LogP contribution in [0.1, 0.15) is 17.0 Å². The van der Waals surface area contributed by atoms with E-state index in [2.05, 4.69) is 15.0 Å². The molecule has 0 bridgehead atoms. The molecule has 0 saturated carbocycles. The van der Waals surface area contributed by atoms with Gasteiger partial charge in [-0.15, -0.1) is 0 Å². The van der Waals surface area contributed by atoms with Crippen molar-refractivity contribution in [1.82, 2.24) is 4.98 Å². The van der Waals surface area contributed by atoms with E-state index in [-0.39, 0.29) is 6.61 Å². The summed E-state index contributed by atoms with van der Waals surface area (Å²) in [6, 6.07) is 17.9. The van der Waals surface area contributed by atoms with Gasteiger partial charge in [0.2, 0.25) is 5.89 Å². The first-order valence-corrected chi connectivity index (χ1v) is 8.08. The molecule has 1 heterocycles. The fourth-order valence-electron chi connectivity index (χ4n) is 2.32. The van der Waals surface area contributed by atoms with Crippen LogP contribution in [0.25, 0.3) is 11.5 Å². The molecule has 0 radical (unpaired) electrons. The quantitative estimate of drug-likeness (QED) is 0.499. The number of benzene rings is 2. The molecule has 0 aliphatic heterocycles. The van der Waals surface area contributed by atoms with Gasteiger partial charge >= 0.3 is 0 Å². The van der Waals surface area contributed by atoms with Crippen LogP contribution < -0.4 is 4.90 Å². The highest BCUT2D eigenvalue weighted by molar-refractivity contribution is 5.79. The SMILES string of the molecule is Cc1oc(-c2ccccc2)nc1CO/N=C/c1ccc(N(C)C)cc1. The number of oxazole rings is 1. The van der Waals surface area contributed by atoms with E-state index in [0.717, 1.165) is 28.3 Å². The zero-order valence-electron chi connectivity index (χ0n) is 14.6. The van der Waals surface area contributed by atoms with E-state index in [1.54, 1.807) is 6.21 Å². The first-order chi connectivity index (χ1) is 12.1. The normalized spacial score (nSPS) is 11.0. The molecule has 25 heavy (non-hydrogen) atoms. The minimum absolute atomic E-state index is 0.272. The summed E-state index contributed by atoms with van der Waals surface area (Å²) in [4.78, 5) is 11.9. The molecule has 2 aromatic carbocycles. The standard InChI is InChI=1S/C20H21N3O2/c1-15-19(22-20(25-15)17-7-5-4-6-8-17)14-24-21-13-16-9-11-18(12-10-16)23(2)3/h4-13H,14H2,1-3H3/b21-13+. The monoisotopic (exact) mass is 335 g/mol. The van der Waals surface area contributed by atoms with Gasteiger partial charge in [0.05, 0.1) is 6.21 Å². The maximum atomic E-state index is 5.70. The first kappa shape index (κ1) is 16.8. The number of oxime groups is 1. The molecule has 0 N–H and O–H groups in total. The molecular formula is C20H21N3O2. The predicted molar refractivity (Wildman–Crippen MR) is 99.8 cm³/mol. The number of aryl methyl sites for hydroxylation is 1. The lowest BCUT2D eigenvalue weighted by Gasteiger charge is -2.11. The van der Waals surface area contributed by atoms with Crippen molar-refractivity contribution in [2.45, 2.75) is 13.5 Å². The highest BCUT2D eigenvalue weighted by Crippen LogP contribution is 2.21. The van der Waals surface area contributed by atoms with Crippen LogP contribution in [0.5, 0.6) is 0 Å². The molecule has 0 fully saturated rings. The number of anilines is 1. The van der Waals surface area contributed by atoms with Gasteiger partial charge in [-0.25, -0.2) is 4.98 Å². The van der Waals surface area contributed by atoms with Crippen molar-refractivity contribution in [3.05, 3.63) is 71.6 Å². The number of rotatable bonds is 6. The Hall–Kier alpha value is -3.08. The summed E-state index contributed by atoms with van der Waals surface area (Å²) in [5.41, 5.74) is 3.82. The fraction of sp³-hybridized carbons (Fsp3) is 0.200. The average molecular weight is 335 g/mol. The van der Waals surface area contributed by atoms with Crippen LogP contribution in [0.4, 0.5) is 5.69 Å². The highest BCUT2D eigenvalue weighted by Gasteiger charge is 2.11. The maximum absolute atomic E-state index is 5.70. The topological polar surface area (TPSA) is 50.9 Å². The average Bonchev–Trinajstić information content (AvgIpc) is 3.01. The lowest BCUT2D eigenvalue weighted by molar-refractivity contribution is 0.128. The van der Waals surface area contributed by atoms with Crippen molar-refractivity contribution in [3.8, 4) is 11.5 Å². The van der Waals surface area contributed by atoms with Gasteiger partial charge < -0.3 is 14.2 Å². The van der Waals surface area contributed by atoms with E-state index in [9.17, 15) is 0 Å². The Morgan fingerprint density at radius 1 is 1.08 bits per heavy atom. The third-order valence-electron chi connectivity index (χ3n) is 3.80. The van der Waals surface area contributed by atoms with Crippen molar-refractivity contribution >= 4 is 11.9 Å². The van der Waals surface area contributed by atoms with Crippen molar-refractivity contribution in [2.24, 2.45) is 5.16 Å². The third kappa shape index (κ3) is 4.26. The molecule has 128 valence electrons. The molecule has 0 amide bonds. The Bertz CT molecular complexity index is 837. The zero-order valence-corrected chi connectivity index (χ0v) is 14.6. The van der Waals surface area contributed by atoms with Gasteiger partial charge in [0.25, 0.3) is 0 Å². The number of aromatic nitrogens is 1. The molecule has 0 aliphatic carbocycles. The molecule has 0 atom stereocenters. The number of nitrogens with zero attached hydrogens (tertiary/aromatic N) is 3. The molecule has 0 unspecified atom stereocenters. The summed E-state index contributed by atoms with van der Waals surface area (Å²) >= 11 is 0. The van der Waals surface area contributed by atoms with E-state index >= 15 is 0 Å². The lowest BCUT2D eigenvalue weighted by atomic mass is 10.2. The van der Waals surface area contributed by atoms with Crippen LogP contribution in [0.15, 0.2) is 64.2 Å².